The third-order valence-corrected chi connectivity index (χ3v) is 7.03. The van der Waals surface area contributed by atoms with E-state index >= 15 is 4.39 Å². The number of carboxylic acid groups (broad SMARTS) is 2. The van der Waals surface area contributed by atoms with Crippen molar-refractivity contribution in [3.05, 3.63) is 75.2 Å². The summed E-state index contributed by atoms with van der Waals surface area (Å²) in [6.07, 6.45) is 2.02. The van der Waals surface area contributed by atoms with Crippen molar-refractivity contribution >= 4 is 29.0 Å². The Labute approximate surface area is 224 Å². The molecule has 1 aliphatic carbocycles. The Kier molecular flexibility index (Phi) is 8.46. The highest BCUT2D eigenvalue weighted by Gasteiger charge is 2.39. The first-order valence-corrected chi connectivity index (χ1v) is 12.6. The lowest BCUT2D eigenvalue weighted by Crippen LogP contribution is -2.52. The molecule has 0 spiro atoms. The van der Waals surface area contributed by atoms with Gasteiger partial charge < -0.3 is 24.7 Å². The summed E-state index contributed by atoms with van der Waals surface area (Å²) in [6.45, 7) is 4.04. The van der Waals surface area contributed by atoms with Crippen LogP contribution in [0.15, 0.2) is 48.2 Å². The average Bonchev–Trinajstić information content (AvgIpc) is 3.72. The van der Waals surface area contributed by atoms with Gasteiger partial charge in [0.25, 0.3) is 5.69 Å². The second-order valence-corrected chi connectivity index (χ2v) is 9.79. The molecule has 1 unspecified atom stereocenters. The summed E-state index contributed by atoms with van der Waals surface area (Å²) >= 11 is 0. The summed E-state index contributed by atoms with van der Waals surface area (Å²) in [5.74, 6) is -4.16. The molecule has 1 saturated carbocycles. The highest BCUT2D eigenvalue weighted by molar-refractivity contribution is 6.12. The van der Waals surface area contributed by atoms with Crippen LogP contribution in [0.4, 0.5) is 21.5 Å². The zero-order valence-corrected chi connectivity index (χ0v) is 21.7. The first-order chi connectivity index (χ1) is 18.6. The quantitative estimate of drug-likeness (QED) is 0.142. The van der Waals surface area contributed by atoms with Gasteiger partial charge in [-0.1, -0.05) is 30.3 Å². The van der Waals surface area contributed by atoms with Crippen molar-refractivity contribution in [3.8, 4) is 0 Å². The second kappa shape index (κ2) is 11.8. The Hall–Kier alpha value is -4.03. The largest absolute Gasteiger partial charge is 0.477 e. The van der Waals surface area contributed by atoms with Crippen LogP contribution in [0.1, 0.15) is 30.9 Å². The Bertz CT molecular complexity index is 1270. The summed E-state index contributed by atoms with van der Waals surface area (Å²) < 4.78 is 21.1. The van der Waals surface area contributed by atoms with Gasteiger partial charge in [0, 0.05) is 57.1 Å². The number of hydrogen-bond donors (Lipinski definition) is 2. The number of anilines is 2. The fourth-order valence-corrected chi connectivity index (χ4v) is 5.02. The van der Waals surface area contributed by atoms with Crippen LogP contribution in [0.3, 0.4) is 0 Å². The molecule has 1 atom stereocenters. The van der Waals surface area contributed by atoms with Gasteiger partial charge in [-0.05, 0) is 25.3 Å². The summed E-state index contributed by atoms with van der Waals surface area (Å²) in [7, 11) is 1.38. The molecule has 0 amide bonds. The van der Waals surface area contributed by atoms with E-state index in [1.165, 1.54) is 12.0 Å². The van der Waals surface area contributed by atoms with Crippen molar-refractivity contribution in [2.24, 2.45) is 0 Å². The topological polar surface area (TPSA) is 137 Å². The molecule has 208 valence electrons. The molecule has 0 bridgehead atoms. The van der Waals surface area contributed by atoms with Crippen LogP contribution < -0.4 is 9.80 Å². The summed E-state index contributed by atoms with van der Waals surface area (Å²) in [4.78, 5) is 40.0. The van der Waals surface area contributed by atoms with E-state index in [1.807, 2.05) is 42.2 Å². The van der Waals surface area contributed by atoms with Gasteiger partial charge in [-0.3, -0.25) is 15.0 Å². The molecule has 0 radical (unpaired) electrons. The molecule has 1 heterocycles. The molecule has 1 aliphatic heterocycles. The SMILES string of the molecule is COCc1c(N2CCN(Cc3ccccc3)C(C)C2)c(F)cc([N+](=O)[O-])c1N(C=C(C(=O)O)C(=O)O)C1CC1. The lowest BCUT2D eigenvalue weighted by Gasteiger charge is -2.42. The predicted octanol–water partition coefficient (Wildman–Crippen LogP) is 3.61. The number of carbonyl (C=O) groups is 2. The number of nitro groups is 1. The molecule has 2 aliphatic rings. The van der Waals surface area contributed by atoms with Crippen molar-refractivity contribution in [2.75, 3.05) is 36.5 Å². The Morgan fingerprint density at radius 1 is 1.21 bits per heavy atom. The maximum atomic E-state index is 15.7. The number of carboxylic acids is 2. The standard InChI is InChI=1S/C27H31FN4O7/c1-17-13-30(11-10-29(17)14-18-6-4-3-5-7-18)24-21(16-39-2)25(23(32(37)38)12-22(24)28)31(19-8-9-19)15-20(26(33)34)27(35)36/h3-7,12,15,17,19H,8-11,13-14,16H2,1-2H3,(H,33,34)(H,35,36). The van der Waals surface area contributed by atoms with Gasteiger partial charge in [0.05, 0.1) is 23.3 Å². The molecule has 1 saturated heterocycles. The first-order valence-electron chi connectivity index (χ1n) is 12.6. The molecule has 39 heavy (non-hydrogen) atoms. The van der Waals surface area contributed by atoms with Gasteiger partial charge in [0.2, 0.25) is 0 Å². The number of methoxy groups -OCH3 is 1. The number of nitrogens with zero attached hydrogens (tertiary/aromatic N) is 4. The van der Waals surface area contributed by atoms with Crippen LogP contribution in [0, 0.1) is 15.9 Å². The van der Waals surface area contributed by atoms with Gasteiger partial charge in [-0.15, -0.1) is 0 Å². The van der Waals surface area contributed by atoms with E-state index in [1.54, 1.807) is 0 Å². The van der Waals surface area contributed by atoms with Gasteiger partial charge >= 0.3 is 11.9 Å². The third kappa shape index (κ3) is 6.18. The summed E-state index contributed by atoms with van der Waals surface area (Å²) in [5.41, 5.74) is -0.131. The van der Waals surface area contributed by atoms with Crippen molar-refractivity contribution in [2.45, 2.75) is 45.0 Å². The molecule has 0 aromatic heterocycles. The highest BCUT2D eigenvalue weighted by atomic mass is 19.1. The lowest BCUT2D eigenvalue weighted by molar-refractivity contribution is -0.384. The number of ether oxygens (including phenoxy) is 1. The second-order valence-electron chi connectivity index (χ2n) is 9.79. The fraction of sp³-hybridized carbons (Fsp3) is 0.407. The third-order valence-electron chi connectivity index (χ3n) is 7.03. The Morgan fingerprint density at radius 3 is 2.41 bits per heavy atom. The molecule has 12 heteroatoms. The van der Waals surface area contributed by atoms with E-state index in [4.69, 9.17) is 4.74 Å². The molecular formula is C27H31FN4O7. The summed E-state index contributed by atoms with van der Waals surface area (Å²) in [5, 5.41) is 31.0. The van der Waals surface area contributed by atoms with Crippen molar-refractivity contribution in [1.29, 1.82) is 0 Å². The summed E-state index contributed by atoms with van der Waals surface area (Å²) in [6, 6.07) is 10.5. The fourth-order valence-electron chi connectivity index (χ4n) is 5.02. The molecule has 2 N–H and O–H groups in total. The number of nitro benzene ring substituents is 1. The minimum absolute atomic E-state index is 0.0254. The number of benzene rings is 2. The normalized spacial score (nSPS) is 17.5. The maximum absolute atomic E-state index is 15.7. The van der Waals surface area contributed by atoms with Crippen LogP contribution in [-0.2, 0) is 27.5 Å². The van der Waals surface area contributed by atoms with Crippen molar-refractivity contribution in [1.82, 2.24) is 4.90 Å². The number of aliphatic carboxylic acids is 2. The van der Waals surface area contributed by atoms with E-state index in [9.17, 15) is 29.9 Å². The molecule has 2 fully saturated rings. The molecule has 11 nitrogen and oxygen atoms in total. The first kappa shape index (κ1) is 28.0. The number of hydrogen-bond acceptors (Lipinski definition) is 8. The van der Waals surface area contributed by atoms with Gasteiger partial charge in [-0.25, -0.2) is 14.0 Å². The van der Waals surface area contributed by atoms with E-state index < -0.39 is 33.9 Å². The average molecular weight is 543 g/mol. The number of halogens is 1. The van der Waals surface area contributed by atoms with Gasteiger partial charge in [0.15, 0.2) is 11.4 Å². The smallest absolute Gasteiger partial charge is 0.344 e. The van der Waals surface area contributed by atoms with Crippen LogP contribution in [0.5, 0.6) is 0 Å². The monoisotopic (exact) mass is 542 g/mol. The lowest BCUT2D eigenvalue weighted by atomic mass is 10.0. The van der Waals surface area contributed by atoms with Crippen LogP contribution in [0.25, 0.3) is 0 Å². The van der Waals surface area contributed by atoms with Crippen molar-refractivity contribution in [3.63, 3.8) is 0 Å². The highest BCUT2D eigenvalue weighted by Crippen LogP contribution is 2.45. The number of piperazine rings is 1. The molecule has 2 aromatic rings. The molecule has 2 aromatic carbocycles. The molecule has 4 rings (SSSR count). The zero-order chi connectivity index (χ0) is 28.3. The van der Waals surface area contributed by atoms with E-state index in [0.29, 0.717) is 32.5 Å². The van der Waals surface area contributed by atoms with Crippen LogP contribution in [0.2, 0.25) is 0 Å². The minimum atomic E-state index is -1.69. The zero-order valence-electron chi connectivity index (χ0n) is 21.7. The van der Waals surface area contributed by atoms with Gasteiger partial charge in [-0.2, -0.15) is 0 Å². The van der Waals surface area contributed by atoms with E-state index in [-0.39, 0.29) is 35.6 Å². The van der Waals surface area contributed by atoms with Gasteiger partial charge in [0.1, 0.15) is 5.69 Å². The van der Waals surface area contributed by atoms with Crippen molar-refractivity contribution < 1.29 is 33.9 Å². The Balaban J connectivity index is 1.78. The molecular weight excluding hydrogens is 511 g/mol. The maximum Gasteiger partial charge on any atom is 0.344 e. The van der Waals surface area contributed by atoms with E-state index in [0.717, 1.165) is 24.4 Å². The predicted molar refractivity (Wildman–Crippen MR) is 141 cm³/mol. The minimum Gasteiger partial charge on any atom is -0.477 e. The number of rotatable bonds is 11. The van der Waals surface area contributed by atoms with Crippen LogP contribution >= 0.6 is 0 Å². The Morgan fingerprint density at radius 2 is 1.87 bits per heavy atom. The van der Waals surface area contributed by atoms with E-state index in [2.05, 4.69) is 4.90 Å². The van der Waals surface area contributed by atoms with Crippen LogP contribution in [-0.4, -0.2) is 70.8 Å².